The Morgan fingerprint density at radius 3 is 3.06 bits per heavy atom. The summed E-state index contributed by atoms with van der Waals surface area (Å²) >= 11 is 4.75. The van der Waals surface area contributed by atoms with Crippen molar-refractivity contribution < 1.29 is 9.21 Å². The Morgan fingerprint density at radius 1 is 1.44 bits per heavy atom. The number of furan rings is 1. The summed E-state index contributed by atoms with van der Waals surface area (Å²) in [5.74, 6) is -0.0276. The topological polar surface area (TPSA) is 55.1 Å². The Morgan fingerprint density at radius 2 is 2.33 bits per heavy atom. The van der Waals surface area contributed by atoms with E-state index in [1.807, 2.05) is 18.2 Å². The minimum atomic E-state index is -0.298. The Bertz CT molecular complexity index is 706. The molecule has 0 fully saturated rings. The number of benzene rings is 1. The van der Waals surface area contributed by atoms with Crippen molar-refractivity contribution in [3.63, 3.8) is 0 Å². The van der Waals surface area contributed by atoms with Crippen molar-refractivity contribution in [2.75, 3.05) is 5.32 Å². The van der Waals surface area contributed by atoms with Crippen molar-refractivity contribution in [1.82, 2.24) is 4.98 Å². The zero-order chi connectivity index (χ0) is 12.5. The molecule has 0 bridgehead atoms. The molecule has 0 saturated heterocycles. The van der Waals surface area contributed by atoms with Gasteiger partial charge in [0.2, 0.25) is 0 Å². The van der Waals surface area contributed by atoms with E-state index >= 15 is 0 Å². The summed E-state index contributed by atoms with van der Waals surface area (Å²) < 4.78 is 6.35. The van der Waals surface area contributed by atoms with Crippen molar-refractivity contribution in [1.29, 1.82) is 0 Å². The number of fused-ring (bicyclic) bond motifs is 1. The molecule has 0 saturated carbocycles. The third-order valence-electron chi connectivity index (χ3n) is 2.37. The van der Waals surface area contributed by atoms with Crippen molar-refractivity contribution in [2.45, 2.75) is 0 Å². The van der Waals surface area contributed by atoms with Crippen molar-refractivity contribution in [3.8, 4) is 0 Å². The molecule has 0 unspecified atom stereocenters. The minimum Gasteiger partial charge on any atom is -0.450 e. The molecular formula is C12H7BrN2O2S. The first-order valence-electron chi connectivity index (χ1n) is 5.13. The smallest absolute Gasteiger partial charge is 0.293 e. The second kappa shape index (κ2) is 4.55. The molecule has 4 nitrogen and oxygen atoms in total. The number of nitrogens with one attached hydrogen (secondary N) is 1. The number of para-hydroxylation sites is 1. The van der Waals surface area contributed by atoms with Crippen LogP contribution in [0.25, 0.3) is 11.0 Å². The number of carbonyl (C=O) groups excluding carboxylic acids is 1. The molecule has 2 aromatic heterocycles. The number of thiazole rings is 1. The van der Waals surface area contributed by atoms with Crippen LogP contribution in [0.4, 0.5) is 5.13 Å². The van der Waals surface area contributed by atoms with Crippen LogP contribution < -0.4 is 5.32 Å². The fraction of sp³-hybridized carbons (Fsp3) is 0. The molecule has 0 aliphatic heterocycles. The molecule has 1 aromatic carbocycles. The summed E-state index contributed by atoms with van der Waals surface area (Å²) in [7, 11) is 0. The van der Waals surface area contributed by atoms with Crippen LogP contribution in [0.1, 0.15) is 10.6 Å². The third-order valence-corrected chi connectivity index (χ3v) is 3.69. The van der Waals surface area contributed by atoms with Gasteiger partial charge in [0.05, 0.1) is 4.47 Å². The minimum absolute atomic E-state index is 0.270. The van der Waals surface area contributed by atoms with Crippen molar-refractivity contribution in [2.24, 2.45) is 0 Å². The van der Waals surface area contributed by atoms with Crippen molar-refractivity contribution >= 4 is 49.3 Å². The number of hydrogen-bond acceptors (Lipinski definition) is 4. The molecule has 0 atom stereocenters. The second-order valence-corrected chi connectivity index (χ2v) is 5.31. The summed E-state index contributed by atoms with van der Waals surface area (Å²) in [6.45, 7) is 0. The summed E-state index contributed by atoms with van der Waals surface area (Å²) in [6, 6.07) is 7.37. The lowest BCUT2D eigenvalue weighted by Crippen LogP contribution is -2.10. The molecule has 90 valence electrons. The quantitative estimate of drug-likeness (QED) is 0.778. The zero-order valence-corrected chi connectivity index (χ0v) is 11.4. The first-order valence-corrected chi connectivity index (χ1v) is 6.80. The molecule has 1 N–H and O–H groups in total. The lowest BCUT2D eigenvalue weighted by Gasteiger charge is -1.96. The highest BCUT2D eigenvalue weighted by Crippen LogP contribution is 2.27. The van der Waals surface area contributed by atoms with Gasteiger partial charge in [-0.25, -0.2) is 4.98 Å². The largest absolute Gasteiger partial charge is 0.450 e. The van der Waals surface area contributed by atoms with Crippen LogP contribution in [-0.4, -0.2) is 10.9 Å². The Kier molecular flexibility index (Phi) is 2.89. The highest BCUT2D eigenvalue weighted by Gasteiger charge is 2.14. The fourth-order valence-corrected chi connectivity index (χ4v) is 2.57. The number of aromatic nitrogens is 1. The maximum Gasteiger partial charge on any atom is 0.293 e. The molecule has 18 heavy (non-hydrogen) atoms. The van der Waals surface area contributed by atoms with Gasteiger partial charge in [-0.15, -0.1) is 11.3 Å². The van der Waals surface area contributed by atoms with Crippen LogP contribution in [0.5, 0.6) is 0 Å². The summed E-state index contributed by atoms with van der Waals surface area (Å²) in [6.07, 6.45) is 1.63. The second-order valence-electron chi connectivity index (χ2n) is 3.56. The standard InChI is InChI=1S/C12H7BrN2O2S/c13-8-3-1-2-7-6-9(17-10(7)8)11(16)15-12-14-4-5-18-12/h1-6H,(H,14,15,16). The van der Waals surface area contributed by atoms with Gasteiger partial charge in [-0.3, -0.25) is 10.1 Å². The molecule has 0 radical (unpaired) electrons. The Hall–Kier alpha value is -1.66. The van der Waals surface area contributed by atoms with Crippen LogP contribution >= 0.6 is 27.3 Å². The third kappa shape index (κ3) is 2.04. The van der Waals surface area contributed by atoms with E-state index in [-0.39, 0.29) is 11.7 Å². The maximum absolute atomic E-state index is 11.9. The Balaban J connectivity index is 1.94. The first kappa shape index (κ1) is 11.4. The van der Waals surface area contributed by atoms with E-state index in [1.54, 1.807) is 17.6 Å². The lowest BCUT2D eigenvalue weighted by atomic mass is 10.2. The SMILES string of the molecule is O=C(Nc1nccs1)c1cc2cccc(Br)c2o1. The van der Waals surface area contributed by atoms with Crippen LogP contribution in [0.3, 0.4) is 0 Å². The molecule has 1 amide bonds. The fourth-order valence-electron chi connectivity index (χ4n) is 1.58. The number of halogens is 1. The predicted molar refractivity (Wildman–Crippen MR) is 74.0 cm³/mol. The average Bonchev–Trinajstić information content (AvgIpc) is 2.97. The van der Waals surface area contributed by atoms with E-state index < -0.39 is 0 Å². The van der Waals surface area contributed by atoms with Gasteiger partial charge in [-0.1, -0.05) is 12.1 Å². The van der Waals surface area contributed by atoms with Gasteiger partial charge < -0.3 is 4.42 Å². The van der Waals surface area contributed by atoms with Gasteiger partial charge in [-0.2, -0.15) is 0 Å². The van der Waals surface area contributed by atoms with Gasteiger partial charge >= 0.3 is 0 Å². The van der Waals surface area contributed by atoms with E-state index in [9.17, 15) is 4.79 Å². The molecule has 0 aliphatic carbocycles. The normalized spacial score (nSPS) is 10.7. The van der Waals surface area contributed by atoms with E-state index in [4.69, 9.17) is 4.42 Å². The summed E-state index contributed by atoms with van der Waals surface area (Å²) in [5, 5.41) is 5.91. The number of hydrogen-bond donors (Lipinski definition) is 1. The maximum atomic E-state index is 11.9. The number of rotatable bonds is 2. The van der Waals surface area contributed by atoms with Gasteiger partial charge in [0.15, 0.2) is 10.9 Å². The van der Waals surface area contributed by atoms with Crippen LogP contribution in [0, 0.1) is 0 Å². The Labute approximate surface area is 115 Å². The summed E-state index contributed by atoms with van der Waals surface area (Å²) in [4.78, 5) is 15.9. The van der Waals surface area contributed by atoms with Gasteiger partial charge in [0.25, 0.3) is 5.91 Å². The molecular weight excluding hydrogens is 316 g/mol. The monoisotopic (exact) mass is 322 g/mol. The van der Waals surface area contributed by atoms with E-state index in [0.717, 1.165) is 9.86 Å². The molecule has 6 heteroatoms. The van der Waals surface area contributed by atoms with Crippen LogP contribution in [-0.2, 0) is 0 Å². The number of anilines is 1. The lowest BCUT2D eigenvalue weighted by molar-refractivity contribution is 0.0998. The molecule has 3 rings (SSSR count). The van der Waals surface area contributed by atoms with Crippen LogP contribution in [0.15, 0.2) is 44.7 Å². The van der Waals surface area contributed by atoms with E-state index in [0.29, 0.717) is 10.7 Å². The number of carbonyl (C=O) groups is 1. The molecule has 2 heterocycles. The number of amides is 1. The molecule has 0 spiro atoms. The molecule has 0 aliphatic rings. The number of nitrogens with zero attached hydrogens (tertiary/aromatic N) is 1. The van der Waals surface area contributed by atoms with E-state index in [2.05, 4.69) is 26.2 Å². The first-order chi connectivity index (χ1) is 8.74. The van der Waals surface area contributed by atoms with Gasteiger partial charge in [0, 0.05) is 17.0 Å². The zero-order valence-electron chi connectivity index (χ0n) is 9.01. The summed E-state index contributed by atoms with van der Waals surface area (Å²) in [5.41, 5.74) is 0.668. The van der Waals surface area contributed by atoms with Gasteiger partial charge in [0.1, 0.15) is 5.58 Å². The van der Waals surface area contributed by atoms with E-state index in [1.165, 1.54) is 11.3 Å². The predicted octanol–water partition coefficient (Wildman–Crippen LogP) is 3.90. The highest BCUT2D eigenvalue weighted by molar-refractivity contribution is 9.10. The van der Waals surface area contributed by atoms with Crippen LogP contribution in [0.2, 0.25) is 0 Å². The van der Waals surface area contributed by atoms with Gasteiger partial charge in [-0.05, 0) is 28.1 Å². The average molecular weight is 323 g/mol. The molecule has 3 aromatic rings. The van der Waals surface area contributed by atoms with Crippen molar-refractivity contribution in [3.05, 3.63) is 46.1 Å². The highest BCUT2D eigenvalue weighted by atomic mass is 79.9.